The van der Waals surface area contributed by atoms with E-state index in [4.69, 9.17) is 17.7 Å². The molecule has 0 aliphatic heterocycles. The maximum atomic E-state index is 6.06. The summed E-state index contributed by atoms with van der Waals surface area (Å²) in [6, 6.07) is 0. The van der Waals surface area contributed by atoms with Gasteiger partial charge >= 0.3 is 9.05 Å². The first-order valence-electron chi connectivity index (χ1n) is 6.75. The number of hydrogen-bond acceptors (Lipinski definition) is 4. The molecule has 17 heavy (non-hydrogen) atoms. The third-order valence-corrected chi connectivity index (χ3v) is 5.30. The predicted octanol–water partition coefficient (Wildman–Crippen LogP) is 2.88. The quantitative estimate of drug-likeness (QED) is 0.630. The van der Waals surface area contributed by atoms with E-state index in [9.17, 15) is 0 Å². The third-order valence-electron chi connectivity index (χ3n) is 2.64. The fraction of sp³-hybridized carbons (Fsp3) is 1.00. The second kappa shape index (κ2) is 7.48. The van der Waals surface area contributed by atoms with Gasteiger partial charge in [0.15, 0.2) is 0 Å². The summed E-state index contributed by atoms with van der Waals surface area (Å²) in [6.07, 6.45) is 4.95. The van der Waals surface area contributed by atoms with E-state index in [1.165, 1.54) is 12.8 Å². The first-order chi connectivity index (χ1) is 8.12. The smallest absolute Gasteiger partial charge is 0.351 e. The van der Waals surface area contributed by atoms with Gasteiger partial charge in [-0.2, -0.15) is 0 Å². The normalized spacial score (nSPS) is 18.2. The fourth-order valence-electron chi connectivity index (χ4n) is 2.06. The molecule has 4 nitrogen and oxygen atoms in total. The van der Waals surface area contributed by atoms with Crippen molar-refractivity contribution in [2.24, 2.45) is 0 Å². The van der Waals surface area contributed by atoms with E-state index in [2.05, 4.69) is 0 Å². The van der Waals surface area contributed by atoms with Crippen LogP contribution in [0.15, 0.2) is 0 Å². The zero-order chi connectivity index (χ0) is 12.7. The molecular formula is C12H26O4Si. The average Bonchev–Trinajstić information content (AvgIpc) is 2.69. The maximum Gasteiger partial charge on any atom is 0.680 e. The predicted molar refractivity (Wildman–Crippen MR) is 68.6 cm³/mol. The van der Waals surface area contributed by atoms with Crippen molar-refractivity contribution in [1.82, 2.24) is 0 Å². The van der Waals surface area contributed by atoms with E-state index in [0.29, 0.717) is 13.2 Å². The SMILES string of the molecule is CCO[Si](OCC)(OC(C)C)OC1CCCC1. The molecule has 1 rings (SSSR count). The van der Waals surface area contributed by atoms with Gasteiger partial charge < -0.3 is 17.7 Å². The molecule has 0 aromatic rings. The molecule has 0 heterocycles. The minimum absolute atomic E-state index is 0.0566. The highest BCUT2D eigenvalue weighted by atomic mass is 28.4. The zero-order valence-electron chi connectivity index (χ0n) is 11.5. The van der Waals surface area contributed by atoms with Gasteiger partial charge in [-0.05, 0) is 40.5 Å². The highest BCUT2D eigenvalue weighted by Crippen LogP contribution is 2.26. The van der Waals surface area contributed by atoms with Gasteiger partial charge in [0.25, 0.3) is 0 Å². The van der Waals surface area contributed by atoms with Gasteiger partial charge in [-0.3, -0.25) is 0 Å². The van der Waals surface area contributed by atoms with Gasteiger partial charge in [0.05, 0.1) is 6.10 Å². The van der Waals surface area contributed by atoms with Crippen molar-refractivity contribution in [3.8, 4) is 0 Å². The molecule has 0 N–H and O–H groups in total. The van der Waals surface area contributed by atoms with E-state index < -0.39 is 9.05 Å². The summed E-state index contributed by atoms with van der Waals surface area (Å²) in [6.45, 7) is 8.98. The van der Waals surface area contributed by atoms with Gasteiger partial charge in [0.2, 0.25) is 0 Å². The molecular weight excluding hydrogens is 236 g/mol. The Morgan fingerprint density at radius 1 is 1.06 bits per heavy atom. The van der Waals surface area contributed by atoms with E-state index in [0.717, 1.165) is 12.8 Å². The van der Waals surface area contributed by atoms with Crippen molar-refractivity contribution < 1.29 is 17.7 Å². The van der Waals surface area contributed by atoms with Crippen LogP contribution in [0.3, 0.4) is 0 Å². The molecule has 0 spiro atoms. The zero-order valence-corrected chi connectivity index (χ0v) is 12.5. The molecule has 0 radical (unpaired) electrons. The van der Waals surface area contributed by atoms with Gasteiger partial charge in [-0.25, -0.2) is 0 Å². The lowest BCUT2D eigenvalue weighted by molar-refractivity contribution is -0.0636. The summed E-state index contributed by atoms with van der Waals surface area (Å²) in [4.78, 5) is 0. The van der Waals surface area contributed by atoms with Crippen LogP contribution in [0.4, 0.5) is 0 Å². The Bertz CT molecular complexity index is 199. The molecule has 0 aromatic carbocycles. The van der Waals surface area contributed by atoms with E-state index in [1.54, 1.807) is 0 Å². The van der Waals surface area contributed by atoms with Gasteiger partial charge in [0, 0.05) is 19.3 Å². The lowest BCUT2D eigenvalue weighted by Gasteiger charge is -2.31. The van der Waals surface area contributed by atoms with E-state index in [-0.39, 0.29) is 12.2 Å². The Kier molecular flexibility index (Phi) is 6.65. The Hall–Kier alpha value is 0.0569. The molecule has 0 amide bonds. The van der Waals surface area contributed by atoms with Crippen molar-refractivity contribution in [3.63, 3.8) is 0 Å². The first-order valence-corrected chi connectivity index (χ1v) is 8.38. The van der Waals surface area contributed by atoms with E-state index >= 15 is 0 Å². The lowest BCUT2D eigenvalue weighted by Crippen LogP contribution is -2.52. The first kappa shape index (κ1) is 15.1. The highest BCUT2D eigenvalue weighted by molar-refractivity contribution is 6.53. The van der Waals surface area contributed by atoms with E-state index in [1.807, 2.05) is 27.7 Å². The molecule has 1 aliphatic rings. The Balaban J connectivity index is 2.64. The van der Waals surface area contributed by atoms with Crippen LogP contribution in [0.5, 0.6) is 0 Å². The Morgan fingerprint density at radius 2 is 1.59 bits per heavy atom. The van der Waals surface area contributed by atoms with Gasteiger partial charge in [-0.1, -0.05) is 12.8 Å². The average molecular weight is 262 g/mol. The Morgan fingerprint density at radius 3 is 2.00 bits per heavy atom. The summed E-state index contributed by atoms with van der Waals surface area (Å²) < 4.78 is 23.3. The van der Waals surface area contributed by atoms with Crippen LogP contribution >= 0.6 is 0 Å². The summed E-state index contributed by atoms with van der Waals surface area (Å²) >= 11 is 0. The van der Waals surface area contributed by atoms with Crippen molar-refractivity contribution in [2.75, 3.05) is 13.2 Å². The van der Waals surface area contributed by atoms with Crippen LogP contribution in [0.2, 0.25) is 0 Å². The minimum atomic E-state index is -2.92. The monoisotopic (exact) mass is 262 g/mol. The molecule has 1 fully saturated rings. The maximum absolute atomic E-state index is 6.06. The summed E-state index contributed by atoms with van der Waals surface area (Å²) in [5, 5.41) is 0. The molecule has 0 aromatic heterocycles. The van der Waals surface area contributed by atoms with Gasteiger partial charge in [-0.15, -0.1) is 0 Å². The highest BCUT2D eigenvalue weighted by Gasteiger charge is 2.48. The summed E-state index contributed by atoms with van der Waals surface area (Å²) in [5.74, 6) is 0. The summed E-state index contributed by atoms with van der Waals surface area (Å²) in [5.41, 5.74) is 0. The van der Waals surface area contributed by atoms with Crippen LogP contribution < -0.4 is 0 Å². The Labute approximate surface area is 106 Å². The molecule has 0 atom stereocenters. The van der Waals surface area contributed by atoms with Crippen molar-refractivity contribution in [2.45, 2.75) is 65.6 Å². The molecule has 1 saturated carbocycles. The fourth-order valence-corrected chi connectivity index (χ4v) is 4.40. The van der Waals surface area contributed by atoms with Crippen molar-refractivity contribution >= 4 is 9.05 Å². The van der Waals surface area contributed by atoms with Crippen LogP contribution in [0.25, 0.3) is 0 Å². The molecule has 102 valence electrons. The molecule has 1 aliphatic carbocycles. The molecule has 0 unspecified atom stereocenters. The van der Waals surface area contributed by atoms with Crippen LogP contribution in [-0.4, -0.2) is 34.5 Å². The van der Waals surface area contributed by atoms with Crippen LogP contribution in [0.1, 0.15) is 53.4 Å². The summed E-state index contributed by atoms with van der Waals surface area (Å²) in [7, 11) is -2.92. The standard InChI is InChI=1S/C12H26O4Si/c1-5-13-17(14-6-2,15-11(3)4)16-12-9-7-8-10-12/h11-12H,5-10H2,1-4H3. The topological polar surface area (TPSA) is 36.9 Å². The molecule has 0 saturated heterocycles. The van der Waals surface area contributed by atoms with Crippen LogP contribution in [-0.2, 0) is 17.7 Å². The van der Waals surface area contributed by atoms with Crippen molar-refractivity contribution in [1.29, 1.82) is 0 Å². The van der Waals surface area contributed by atoms with Crippen molar-refractivity contribution in [3.05, 3.63) is 0 Å². The number of hydrogen-bond donors (Lipinski definition) is 0. The third kappa shape index (κ3) is 5.05. The largest absolute Gasteiger partial charge is 0.680 e. The molecule has 0 bridgehead atoms. The number of rotatable bonds is 8. The molecule has 5 heteroatoms. The lowest BCUT2D eigenvalue weighted by atomic mass is 10.3. The second-order valence-electron chi connectivity index (χ2n) is 4.56. The second-order valence-corrected chi connectivity index (χ2v) is 6.61. The minimum Gasteiger partial charge on any atom is -0.351 e. The van der Waals surface area contributed by atoms with Crippen LogP contribution in [0, 0.1) is 0 Å². The van der Waals surface area contributed by atoms with Gasteiger partial charge in [0.1, 0.15) is 0 Å².